The van der Waals surface area contributed by atoms with Gasteiger partial charge in [-0.05, 0) is 31.5 Å². The van der Waals surface area contributed by atoms with E-state index in [4.69, 9.17) is 0 Å². The van der Waals surface area contributed by atoms with Gasteiger partial charge in [0.05, 0.1) is 12.6 Å². The molecule has 0 atom stereocenters. The van der Waals surface area contributed by atoms with Crippen molar-refractivity contribution in [2.75, 3.05) is 11.8 Å². The van der Waals surface area contributed by atoms with Crippen molar-refractivity contribution in [2.24, 2.45) is 0 Å². The zero-order valence-electron chi connectivity index (χ0n) is 11.6. The summed E-state index contributed by atoms with van der Waals surface area (Å²) in [6.07, 6.45) is 0. The third-order valence-electron chi connectivity index (χ3n) is 2.49. The number of carbonyl (C=O) groups is 1. The second kappa shape index (κ2) is 5.78. The first kappa shape index (κ1) is 15.4. The highest BCUT2D eigenvalue weighted by Crippen LogP contribution is 2.23. The second-order valence-electron chi connectivity index (χ2n) is 4.26. The van der Waals surface area contributed by atoms with Crippen LogP contribution in [0.5, 0.6) is 0 Å². The Morgan fingerprint density at radius 1 is 1.33 bits per heavy atom. The lowest BCUT2D eigenvalue weighted by molar-refractivity contribution is 0.0590. The van der Waals surface area contributed by atoms with Gasteiger partial charge < -0.3 is 4.74 Å². The minimum atomic E-state index is -3.95. The summed E-state index contributed by atoms with van der Waals surface area (Å²) >= 11 is 0.838. The van der Waals surface area contributed by atoms with Crippen LogP contribution >= 0.6 is 11.3 Å². The molecular weight excluding hydrogens is 314 g/mol. The molecule has 1 N–H and O–H groups in total. The van der Waals surface area contributed by atoms with Crippen molar-refractivity contribution in [3.05, 3.63) is 34.6 Å². The maximum absolute atomic E-state index is 12.3. The van der Waals surface area contributed by atoms with Crippen molar-refractivity contribution in [1.29, 1.82) is 0 Å². The van der Waals surface area contributed by atoms with Crippen LogP contribution in [-0.4, -0.2) is 31.5 Å². The van der Waals surface area contributed by atoms with Gasteiger partial charge in [-0.2, -0.15) is 0 Å². The van der Waals surface area contributed by atoms with Gasteiger partial charge in [0.15, 0.2) is 9.90 Å². The van der Waals surface area contributed by atoms with Crippen LogP contribution in [0.2, 0.25) is 0 Å². The number of pyridine rings is 1. The molecule has 0 aliphatic rings. The molecule has 2 heterocycles. The molecule has 2 aromatic heterocycles. The number of carbonyl (C=O) groups excluding carboxylic acids is 1. The Bertz CT molecular complexity index is 763. The van der Waals surface area contributed by atoms with E-state index in [9.17, 15) is 13.2 Å². The topological polar surface area (TPSA) is 98.2 Å². The molecule has 9 heteroatoms. The Balaban J connectivity index is 2.39. The number of hydrogen-bond donors (Lipinski definition) is 1. The van der Waals surface area contributed by atoms with E-state index in [-0.39, 0.29) is 15.7 Å². The Morgan fingerprint density at radius 2 is 2.05 bits per heavy atom. The van der Waals surface area contributed by atoms with Crippen LogP contribution in [0, 0.1) is 13.8 Å². The van der Waals surface area contributed by atoms with Crippen LogP contribution in [0.3, 0.4) is 0 Å². The number of methoxy groups -OCH3 is 1. The van der Waals surface area contributed by atoms with Gasteiger partial charge in [0.25, 0.3) is 10.0 Å². The predicted molar refractivity (Wildman–Crippen MR) is 78.0 cm³/mol. The fourth-order valence-electron chi connectivity index (χ4n) is 1.74. The smallest absolute Gasteiger partial charge is 0.358 e. The number of rotatable bonds is 4. The van der Waals surface area contributed by atoms with Gasteiger partial charge in [-0.15, -0.1) is 11.3 Å². The quantitative estimate of drug-likeness (QED) is 0.859. The van der Waals surface area contributed by atoms with E-state index in [0.29, 0.717) is 5.69 Å². The van der Waals surface area contributed by atoms with Crippen molar-refractivity contribution in [1.82, 2.24) is 9.97 Å². The van der Waals surface area contributed by atoms with Crippen molar-refractivity contribution in [3.63, 3.8) is 0 Å². The maximum Gasteiger partial charge on any atom is 0.358 e. The average Bonchev–Trinajstić information content (AvgIpc) is 2.85. The monoisotopic (exact) mass is 327 g/mol. The van der Waals surface area contributed by atoms with Crippen LogP contribution in [-0.2, 0) is 14.8 Å². The lowest BCUT2D eigenvalue weighted by atomic mass is 10.2. The third kappa shape index (κ3) is 3.37. The van der Waals surface area contributed by atoms with E-state index in [1.54, 1.807) is 13.0 Å². The summed E-state index contributed by atoms with van der Waals surface area (Å²) in [5.41, 5.74) is 2.60. The highest BCUT2D eigenvalue weighted by Gasteiger charge is 2.27. The van der Waals surface area contributed by atoms with E-state index >= 15 is 0 Å². The third-order valence-corrected chi connectivity index (χ3v) is 5.22. The summed E-state index contributed by atoms with van der Waals surface area (Å²) in [4.78, 5) is 19.4. The first-order valence-corrected chi connectivity index (χ1v) is 8.19. The van der Waals surface area contributed by atoms with Gasteiger partial charge in [0, 0.05) is 5.69 Å². The minimum Gasteiger partial charge on any atom is -0.464 e. The molecule has 0 spiro atoms. The second-order valence-corrected chi connectivity index (χ2v) is 6.99. The number of nitrogens with zero attached hydrogens (tertiary/aromatic N) is 2. The molecule has 21 heavy (non-hydrogen) atoms. The van der Waals surface area contributed by atoms with Gasteiger partial charge in [-0.3, -0.25) is 4.72 Å². The lowest BCUT2D eigenvalue weighted by Crippen LogP contribution is -2.17. The van der Waals surface area contributed by atoms with E-state index in [1.807, 2.05) is 13.0 Å². The average molecular weight is 327 g/mol. The van der Waals surface area contributed by atoms with Gasteiger partial charge in [-0.1, -0.05) is 0 Å². The zero-order chi connectivity index (χ0) is 15.6. The Hall–Kier alpha value is -2.00. The summed E-state index contributed by atoms with van der Waals surface area (Å²) in [5, 5.41) is 0. The normalized spacial score (nSPS) is 11.2. The molecule has 0 saturated carbocycles. The minimum absolute atomic E-state index is 0.191. The number of anilines is 1. The van der Waals surface area contributed by atoms with E-state index in [1.165, 1.54) is 5.51 Å². The molecule has 7 nitrogen and oxygen atoms in total. The molecule has 0 fully saturated rings. The van der Waals surface area contributed by atoms with Crippen LogP contribution in [0.25, 0.3) is 0 Å². The standard InChI is InChI=1S/C12H13N3O4S2/c1-7-4-8(2)14-9(5-7)15-21(17,18)12-10(11(16)19-3)13-6-20-12/h4-6H,1-3H3,(H,14,15). The van der Waals surface area contributed by atoms with Gasteiger partial charge in [0.1, 0.15) is 5.82 Å². The number of nitrogens with one attached hydrogen (secondary N) is 1. The van der Waals surface area contributed by atoms with Crippen LogP contribution in [0.15, 0.2) is 21.9 Å². The van der Waals surface area contributed by atoms with Gasteiger partial charge >= 0.3 is 5.97 Å². The summed E-state index contributed by atoms with van der Waals surface area (Å²) in [6, 6.07) is 3.42. The van der Waals surface area contributed by atoms with Crippen LogP contribution in [0.4, 0.5) is 5.82 Å². The number of aryl methyl sites for hydroxylation is 2. The van der Waals surface area contributed by atoms with Gasteiger partial charge in [0.2, 0.25) is 0 Å². The fourth-order valence-corrected chi connectivity index (χ4v) is 3.86. The maximum atomic E-state index is 12.3. The summed E-state index contributed by atoms with van der Waals surface area (Å²) < 4.78 is 31.3. The Morgan fingerprint density at radius 3 is 2.67 bits per heavy atom. The largest absolute Gasteiger partial charge is 0.464 e. The molecule has 0 saturated heterocycles. The van der Waals surface area contributed by atoms with E-state index in [0.717, 1.165) is 24.0 Å². The van der Waals surface area contributed by atoms with Crippen molar-refractivity contribution < 1.29 is 17.9 Å². The number of thiazole rings is 1. The molecule has 0 amide bonds. The van der Waals surface area contributed by atoms with Crippen molar-refractivity contribution >= 4 is 33.1 Å². The number of sulfonamides is 1. The molecule has 0 aromatic carbocycles. The molecule has 2 aromatic rings. The van der Waals surface area contributed by atoms with Crippen molar-refractivity contribution in [2.45, 2.75) is 18.1 Å². The molecule has 0 radical (unpaired) electrons. The Kier molecular flexibility index (Phi) is 4.24. The van der Waals surface area contributed by atoms with E-state index in [2.05, 4.69) is 19.4 Å². The Labute approximate surface area is 126 Å². The first-order valence-electron chi connectivity index (χ1n) is 5.83. The number of esters is 1. The fraction of sp³-hybridized carbons (Fsp3) is 0.250. The summed E-state index contributed by atoms with van der Waals surface area (Å²) in [5.74, 6) is -0.610. The molecule has 0 bridgehead atoms. The molecule has 0 unspecified atom stereocenters. The molecule has 0 aliphatic heterocycles. The lowest BCUT2D eigenvalue weighted by Gasteiger charge is -2.08. The summed E-state index contributed by atoms with van der Waals surface area (Å²) in [7, 11) is -2.78. The van der Waals surface area contributed by atoms with Crippen LogP contribution in [0.1, 0.15) is 21.7 Å². The number of ether oxygens (including phenoxy) is 1. The number of hydrogen-bond acceptors (Lipinski definition) is 7. The highest BCUT2D eigenvalue weighted by atomic mass is 32.2. The number of aromatic nitrogens is 2. The molecule has 0 aliphatic carbocycles. The molecule has 2 rings (SSSR count). The SMILES string of the molecule is COC(=O)c1ncsc1S(=O)(=O)Nc1cc(C)cc(C)n1. The molecular formula is C12H13N3O4S2. The van der Waals surface area contributed by atoms with Crippen molar-refractivity contribution in [3.8, 4) is 0 Å². The highest BCUT2D eigenvalue weighted by molar-refractivity contribution is 7.94. The summed E-state index contributed by atoms with van der Waals surface area (Å²) in [6.45, 7) is 3.59. The molecule has 112 valence electrons. The zero-order valence-corrected chi connectivity index (χ0v) is 13.2. The first-order chi connectivity index (χ1) is 9.83. The van der Waals surface area contributed by atoms with Crippen LogP contribution < -0.4 is 4.72 Å². The predicted octanol–water partition coefficient (Wildman–Crippen LogP) is 1.74. The van der Waals surface area contributed by atoms with E-state index < -0.39 is 16.0 Å². The van der Waals surface area contributed by atoms with Gasteiger partial charge in [-0.25, -0.2) is 23.2 Å².